The molecular formula is C7H11N3O2. The molecule has 0 amide bonds. The molecule has 0 unspecified atom stereocenters. The molecule has 0 bridgehead atoms. The number of H-pyrrole nitrogens is 1. The lowest BCUT2D eigenvalue weighted by molar-refractivity contribution is 0.0695. The fraction of sp³-hybridized carbons (Fsp3) is 0.429. The van der Waals surface area contributed by atoms with Crippen LogP contribution in [0.5, 0.6) is 0 Å². The van der Waals surface area contributed by atoms with Gasteiger partial charge in [0.1, 0.15) is 5.56 Å². The molecule has 0 spiro atoms. The van der Waals surface area contributed by atoms with Crippen LogP contribution in [0.4, 0.5) is 0 Å². The van der Waals surface area contributed by atoms with E-state index in [1.54, 1.807) is 14.0 Å². The van der Waals surface area contributed by atoms with E-state index in [0.717, 1.165) is 0 Å². The minimum atomic E-state index is -0.938. The quantitative estimate of drug-likeness (QED) is 0.601. The molecule has 5 heteroatoms. The second kappa shape index (κ2) is 3.36. The highest BCUT2D eigenvalue weighted by Gasteiger charge is 2.15. The normalized spacial score (nSPS) is 10.2. The van der Waals surface area contributed by atoms with Gasteiger partial charge < -0.3 is 10.4 Å². The standard InChI is InChI=1S/C7H11N3O2/c1-4-6(7(11)12)5(3-8-2)10-9-4/h8H,3H2,1-2H3,(H,9,10)(H,11,12). The van der Waals surface area contributed by atoms with Crippen molar-refractivity contribution in [3.05, 3.63) is 17.0 Å². The Morgan fingerprint density at radius 2 is 2.42 bits per heavy atom. The van der Waals surface area contributed by atoms with Gasteiger partial charge in [-0.1, -0.05) is 0 Å². The number of aryl methyl sites for hydroxylation is 1. The highest BCUT2D eigenvalue weighted by Crippen LogP contribution is 2.09. The van der Waals surface area contributed by atoms with Crippen LogP contribution in [0.25, 0.3) is 0 Å². The molecule has 0 saturated heterocycles. The zero-order chi connectivity index (χ0) is 9.14. The predicted molar refractivity (Wildman–Crippen MR) is 43.0 cm³/mol. The molecule has 0 radical (unpaired) electrons. The van der Waals surface area contributed by atoms with Crippen LogP contribution >= 0.6 is 0 Å². The summed E-state index contributed by atoms with van der Waals surface area (Å²) < 4.78 is 0. The Morgan fingerprint density at radius 3 is 2.92 bits per heavy atom. The van der Waals surface area contributed by atoms with E-state index in [1.165, 1.54) is 0 Å². The fourth-order valence-electron chi connectivity index (χ4n) is 1.06. The maximum absolute atomic E-state index is 10.7. The number of carboxylic acid groups (broad SMARTS) is 1. The largest absolute Gasteiger partial charge is 0.478 e. The minimum absolute atomic E-state index is 0.268. The molecule has 0 aliphatic carbocycles. The Labute approximate surface area is 69.8 Å². The lowest BCUT2D eigenvalue weighted by Gasteiger charge is -1.96. The Kier molecular flexibility index (Phi) is 2.44. The Balaban J connectivity index is 3.04. The van der Waals surface area contributed by atoms with Crippen molar-refractivity contribution in [3.63, 3.8) is 0 Å². The molecule has 3 N–H and O–H groups in total. The molecular weight excluding hydrogens is 158 g/mol. The Morgan fingerprint density at radius 1 is 1.75 bits per heavy atom. The van der Waals surface area contributed by atoms with Crippen molar-refractivity contribution in [2.75, 3.05) is 7.05 Å². The van der Waals surface area contributed by atoms with Gasteiger partial charge in [0.25, 0.3) is 0 Å². The number of hydrogen-bond donors (Lipinski definition) is 3. The number of nitrogens with zero attached hydrogens (tertiary/aromatic N) is 1. The molecule has 5 nitrogen and oxygen atoms in total. The maximum Gasteiger partial charge on any atom is 0.339 e. The van der Waals surface area contributed by atoms with E-state index >= 15 is 0 Å². The molecule has 0 saturated carbocycles. The van der Waals surface area contributed by atoms with Gasteiger partial charge >= 0.3 is 5.97 Å². The van der Waals surface area contributed by atoms with Gasteiger partial charge in [0.15, 0.2) is 0 Å². The van der Waals surface area contributed by atoms with E-state index in [4.69, 9.17) is 5.11 Å². The number of aromatic nitrogens is 2. The first-order valence-corrected chi connectivity index (χ1v) is 3.58. The van der Waals surface area contributed by atoms with Crippen molar-refractivity contribution < 1.29 is 9.90 Å². The molecule has 0 atom stereocenters. The summed E-state index contributed by atoms with van der Waals surface area (Å²) in [5, 5.41) is 18.1. The maximum atomic E-state index is 10.7. The number of hydrogen-bond acceptors (Lipinski definition) is 3. The van der Waals surface area contributed by atoms with Gasteiger partial charge in [-0.3, -0.25) is 5.10 Å². The van der Waals surface area contributed by atoms with Crippen LogP contribution in [0.2, 0.25) is 0 Å². The molecule has 0 fully saturated rings. The van der Waals surface area contributed by atoms with Crippen molar-refractivity contribution in [2.45, 2.75) is 13.5 Å². The van der Waals surface area contributed by atoms with Gasteiger partial charge in [-0.15, -0.1) is 0 Å². The van der Waals surface area contributed by atoms with E-state index in [0.29, 0.717) is 17.9 Å². The van der Waals surface area contributed by atoms with Crippen LogP contribution in [-0.2, 0) is 6.54 Å². The van der Waals surface area contributed by atoms with Gasteiger partial charge in [0.05, 0.1) is 5.69 Å². The molecule has 1 rings (SSSR count). The zero-order valence-electron chi connectivity index (χ0n) is 7.01. The number of aromatic carboxylic acids is 1. The Hall–Kier alpha value is -1.36. The van der Waals surface area contributed by atoms with E-state index in [-0.39, 0.29) is 5.56 Å². The summed E-state index contributed by atoms with van der Waals surface area (Å²) in [5.74, 6) is -0.938. The summed E-state index contributed by atoms with van der Waals surface area (Å²) in [5.41, 5.74) is 1.40. The van der Waals surface area contributed by atoms with E-state index < -0.39 is 5.97 Å². The summed E-state index contributed by atoms with van der Waals surface area (Å²) in [4.78, 5) is 10.7. The predicted octanol–water partition coefficient (Wildman–Crippen LogP) is 0.136. The first kappa shape index (κ1) is 8.73. The van der Waals surface area contributed by atoms with Crippen LogP contribution in [0, 0.1) is 6.92 Å². The summed E-state index contributed by atoms with van der Waals surface area (Å²) in [6, 6.07) is 0. The monoisotopic (exact) mass is 169 g/mol. The molecule has 0 aliphatic heterocycles. The first-order valence-electron chi connectivity index (χ1n) is 3.58. The molecule has 0 aromatic carbocycles. The van der Waals surface area contributed by atoms with Crippen molar-refractivity contribution in [1.82, 2.24) is 15.5 Å². The van der Waals surface area contributed by atoms with Crippen molar-refractivity contribution in [1.29, 1.82) is 0 Å². The summed E-state index contributed by atoms with van der Waals surface area (Å²) in [7, 11) is 1.75. The fourth-order valence-corrected chi connectivity index (χ4v) is 1.06. The van der Waals surface area contributed by atoms with Gasteiger partial charge in [-0.25, -0.2) is 4.79 Å². The van der Waals surface area contributed by atoms with Gasteiger partial charge in [-0.05, 0) is 14.0 Å². The SMILES string of the molecule is CNCc1n[nH]c(C)c1C(=O)O. The lowest BCUT2D eigenvalue weighted by atomic mass is 10.2. The molecule has 12 heavy (non-hydrogen) atoms. The highest BCUT2D eigenvalue weighted by atomic mass is 16.4. The number of aromatic amines is 1. The van der Waals surface area contributed by atoms with Crippen molar-refractivity contribution in [3.8, 4) is 0 Å². The van der Waals surface area contributed by atoms with E-state index in [2.05, 4.69) is 15.5 Å². The average molecular weight is 169 g/mol. The Bertz CT molecular complexity index is 293. The van der Waals surface area contributed by atoms with E-state index in [1.807, 2.05) is 0 Å². The number of carbonyl (C=O) groups is 1. The van der Waals surface area contributed by atoms with E-state index in [9.17, 15) is 4.79 Å². The summed E-state index contributed by atoms with van der Waals surface area (Å²) in [6.45, 7) is 2.15. The molecule has 1 aromatic heterocycles. The topological polar surface area (TPSA) is 78.0 Å². The number of carboxylic acids is 1. The molecule has 1 aromatic rings. The third kappa shape index (κ3) is 1.45. The average Bonchev–Trinajstić information content (AvgIpc) is 2.32. The number of rotatable bonds is 3. The number of nitrogens with one attached hydrogen (secondary N) is 2. The minimum Gasteiger partial charge on any atom is -0.478 e. The second-order valence-electron chi connectivity index (χ2n) is 2.51. The zero-order valence-corrected chi connectivity index (χ0v) is 7.01. The van der Waals surface area contributed by atoms with Gasteiger partial charge in [0.2, 0.25) is 0 Å². The van der Waals surface area contributed by atoms with Crippen LogP contribution in [-0.4, -0.2) is 28.3 Å². The van der Waals surface area contributed by atoms with Gasteiger partial charge in [0, 0.05) is 12.2 Å². The van der Waals surface area contributed by atoms with Gasteiger partial charge in [-0.2, -0.15) is 5.10 Å². The van der Waals surface area contributed by atoms with Crippen LogP contribution in [0.15, 0.2) is 0 Å². The van der Waals surface area contributed by atoms with Crippen LogP contribution in [0.1, 0.15) is 21.7 Å². The van der Waals surface area contributed by atoms with Crippen LogP contribution in [0.3, 0.4) is 0 Å². The molecule has 1 heterocycles. The third-order valence-corrected chi connectivity index (χ3v) is 1.58. The first-order chi connectivity index (χ1) is 5.66. The van der Waals surface area contributed by atoms with Crippen molar-refractivity contribution >= 4 is 5.97 Å². The van der Waals surface area contributed by atoms with Crippen LogP contribution < -0.4 is 5.32 Å². The highest BCUT2D eigenvalue weighted by molar-refractivity contribution is 5.90. The molecule has 0 aliphatic rings. The lowest BCUT2D eigenvalue weighted by Crippen LogP contribution is -2.10. The smallest absolute Gasteiger partial charge is 0.339 e. The summed E-state index contributed by atoms with van der Waals surface area (Å²) >= 11 is 0. The molecule has 66 valence electrons. The van der Waals surface area contributed by atoms with Crippen molar-refractivity contribution in [2.24, 2.45) is 0 Å². The third-order valence-electron chi connectivity index (χ3n) is 1.58. The summed E-state index contributed by atoms with van der Waals surface area (Å²) in [6.07, 6.45) is 0. The second-order valence-corrected chi connectivity index (χ2v) is 2.51.